The zero-order chi connectivity index (χ0) is 17.5. The van der Waals surface area contributed by atoms with Crippen LogP contribution < -0.4 is 5.56 Å². The average Bonchev–Trinajstić information content (AvgIpc) is 2.52. The van der Waals surface area contributed by atoms with Gasteiger partial charge < -0.3 is 9.67 Å². The van der Waals surface area contributed by atoms with Crippen LogP contribution in [0.15, 0.2) is 41.7 Å². The lowest BCUT2D eigenvalue weighted by atomic mass is 9.70. The van der Waals surface area contributed by atoms with Gasteiger partial charge in [-0.1, -0.05) is 32.1 Å². The second kappa shape index (κ2) is 5.89. The van der Waals surface area contributed by atoms with Crippen LogP contribution in [0.3, 0.4) is 0 Å². The zero-order valence-corrected chi connectivity index (χ0v) is 14.0. The molecule has 0 aliphatic heterocycles. The van der Waals surface area contributed by atoms with Crippen LogP contribution >= 0.6 is 0 Å². The number of aromatic carboxylic acids is 1. The van der Waals surface area contributed by atoms with E-state index in [2.05, 4.69) is 25.4 Å². The van der Waals surface area contributed by atoms with Crippen LogP contribution in [0.5, 0.6) is 0 Å². The predicted molar refractivity (Wildman–Crippen MR) is 93.3 cm³/mol. The first-order valence-corrected chi connectivity index (χ1v) is 8.19. The largest absolute Gasteiger partial charge is 0.476 e. The molecule has 1 heterocycles. The Morgan fingerprint density at radius 2 is 2.08 bits per heavy atom. The third kappa shape index (κ3) is 2.86. The lowest BCUT2D eigenvalue weighted by Gasteiger charge is -2.40. The monoisotopic (exact) mass is 326 g/mol. The lowest BCUT2D eigenvalue weighted by molar-refractivity contribution is 0.0687. The first-order valence-electron chi connectivity index (χ1n) is 8.19. The van der Waals surface area contributed by atoms with Crippen molar-refractivity contribution in [3.63, 3.8) is 0 Å². The van der Waals surface area contributed by atoms with E-state index in [0.29, 0.717) is 17.0 Å². The number of hydrogen-bond acceptors (Lipinski definition) is 3. The van der Waals surface area contributed by atoms with Crippen molar-refractivity contribution in [2.75, 3.05) is 0 Å². The minimum atomic E-state index is -1.28. The van der Waals surface area contributed by atoms with E-state index < -0.39 is 17.2 Å². The summed E-state index contributed by atoms with van der Waals surface area (Å²) in [5, 5.41) is 9.36. The molecule has 1 saturated carbocycles. The van der Waals surface area contributed by atoms with Crippen LogP contribution in [-0.2, 0) is 0 Å². The maximum absolute atomic E-state index is 12.8. The maximum Gasteiger partial charge on any atom is 0.360 e. The van der Waals surface area contributed by atoms with Gasteiger partial charge in [0.15, 0.2) is 0 Å². The van der Waals surface area contributed by atoms with E-state index in [-0.39, 0.29) is 11.5 Å². The van der Waals surface area contributed by atoms with Crippen LogP contribution in [-0.4, -0.2) is 20.6 Å². The molecule has 126 valence electrons. The topological polar surface area (TPSA) is 72.2 Å². The van der Waals surface area contributed by atoms with Gasteiger partial charge in [-0.05, 0) is 42.7 Å². The Kier molecular flexibility index (Phi) is 4.03. The molecule has 0 bridgehead atoms. The van der Waals surface area contributed by atoms with Crippen molar-refractivity contribution < 1.29 is 9.90 Å². The van der Waals surface area contributed by atoms with Crippen molar-refractivity contribution in [3.8, 4) is 0 Å². The molecule has 5 heteroatoms. The van der Waals surface area contributed by atoms with Gasteiger partial charge in [-0.25, -0.2) is 9.78 Å². The minimum Gasteiger partial charge on any atom is -0.476 e. The van der Waals surface area contributed by atoms with E-state index >= 15 is 0 Å². The number of allylic oxidation sites excluding steroid dienone is 1. The Hall–Kier alpha value is -2.43. The van der Waals surface area contributed by atoms with Gasteiger partial charge in [-0.2, -0.15) is 0 Å². The predicted octanol–water partition coefficient (Wildman–Crippen LogP) is 3.65. The smallest absolute Gasteiger partial charge is 0.360 e. The molecule has 1 aromatic heterocycles. The summed E-state index contributed by atoms with van der Waals surface area (Å²) < 4.78 is 1.64. The molecule has 0 amide bonds. The highest BCUT2D eigenvalue weighted by Crippen LogP contribution is 2.44. The van der Waals surface area contributed by atoms with Gasteiger partial charge >= 0.3 is 5.97 Å². The summed E-state index contributed by atoms with van der Waals surface area (Å²) in [7, 11) is 0. The number of benzene rings is 1. The highest BCUT2D eigenvalue weighted by atomic mass is 16.4. The molecule has 1 aliphatic rings. The molecule has 3 rings (SSSR count). The molecule has 1 aliphatic carbocycles. The molecule has 24 heavy (non-hydrogen) atoms. The fourth-order valence-corrected chi connectivity index (χ4v) is 3.98. The van der Waals surface area contributed by atoms with E-state index in [1.807, 2.05) is 18.2 Å². The molecular formula is C19H22N2O3. The quantitative estimate of drug-likeness (QED) is 0.874. The molecule has 2 atom stereocenters. The number of carbonyl (C=O) groups is 1. The number of aromatic nitrogens is 2. The van der Waals surface area contributed by atoms with Crippen LogP contribution in [0.25, 0.3) is 11.0 Å². The van der Waals surface area contributed by atoms with Crippen molar-refractivity contribution in [1.29, 1.82) is 0 Å². The second-order valence-electron chi connectivity index (χ2n) is 7.39. The number of rotatable bonds is 3. The highest BCUT2D eigenvalue weighted by Gasteiger charge is 2.35. The highest BCUT2D eigenvalue weighted by molar-refractivity contribution is 5.88. The molecule has 1 fully saturated rings. The summed E-state index contributed by atoms with van der Waals surface area (Å²) in [6.45, 7) is 8.28. The van der Waals surface area contributed by atoms with Crippen LogP contribution in [0.1, 0.15) is 49.6 Å². The van der Waals surface area contributed by atoms with Crippen LogP contribution in [0.2, 0.25) is 0 Å². The van der Waals surface area contributed by atoms with Crippen molar-refractivity contribution >= 4 is 17.0 Å². The first-order chi connectivity index (χ1) is 11.3. The molecule has 0 saturated heterocycles. The molecule has 0 radical (unpaired) electrons. The Balaban J connectivity index is 2.24. The van der Waals surface area contributed by atoms with Gasteiger partial charge in [0.25, 0.3) is 5.56 Å². The van der Waals surface area contributed by atoms with Crippen molar-refractivity contribution in [2.24, 2.45) is 11.3 Å². The fourth-order valence-electron chi connectivity index (χ4n) is 3.98. The van der Waals surface area contributed by atoms with Gasteiger partial charge in [-0.15, -0.1) is 6.58 Å². The SMILES string of the molecule is C=C[C@H]1C[C@@H](n2c(=O)c(C(=O)O)nc3ccccc32)CC(C)(C)C1. The third-order valence-electron chi connectivity index (χ3n) is 4.87. The van der Waals surface area contributed by atoms with Crippen molar-refractivity contribution in [3.05, 3.63) is 53.0 Å². The van der Waals surface area contributed by atoms with E-state index in [1.54, 1.807) is 16.7 Å². The van der Waals surface area contributed by atoms with Gasteiger partial charge in [0, 0.05) is 6.04 Å². The number of carboxylic acids is 1. The maximum atomic E-state index is 12.8. The van der Waals surface area contributed by atoms with Gasteiger partial charge in [0.1, 0.15) is 0 Å². The number of fused-ring (bicyclic) bond motifs is 1. The Labute approximate surface area is 140 Å². The first kappa shape index (κ1) is 16.4. The standard InChI is InChI=1S/C19H22N2O3/c1-4-12-9-13(11-19(2,3)10-12)21-15-8-6-5-7-14(15)20-16(17(21)22)18(23)24/h4-8,12-13H,1,9-11H2,2-3H3,(H,23,24)/t12-,13+/m0/s1. The molecule has 1 aromatic carbocycles. The summed E-state index contributed by atoms with van der Waals surface area (Å²) in [6.07, 6.45) is 4.58. The van der Waals surface area contributed by atoms with E-state index in [0.717, 1.165) is 19.3 Å². The molecule has 0 spiro atoms. The lowest BCUT2D eigenvalue weighted by Crippen LogP contribution is -2.37. The number of hydrogen-bond donors (Lipinski definition) is 1. The Morgan fingerprint density at radius 3 is 2.75 bits per heavy atom. The third-order valence-corrected chi connectivity index (χ3v) is 4.87. The van der Waals surface area contributed by atoms with Crippen LogP contribution in [0.4, 0.5) is 0 Å². The molecule has 0 unspecified atom stereocenters. The van der Waals surface area contributed by atoms with Gasteiger partial charge in [0.2, 0.25) is 5.69 Å². The van der Waals surface area contributed by atoms with Gasteiger partial charge in [-0.3, -0.25) is 4.79 Å². The number of nitrogens with zero attached hydrogens (tertiary/aromatic N) is 2. The summed E-state index contributed by atoms with van der Waals surface area (Å²) in [5.41, 5.74) is 0.361. The number of carboxylic acid groups (broad SMARTS) is 1. The number of para-hydroxylation sites is 2. The minimum absolute atomic E-state index is 0.0600. The summed E-state index contributed by atoms with van der Waals surface area (Å²) in [6, 6.07) is 7.17. The van der Waals surface area contributed by atoms with Crippen LogP contribution in [0, 0.1) is 11.3 Å². The van der Waals surface area contributed by atoms with Gasteiger partial charge in [0.05, 0.1) is 11.0 Å². The summed E-state index contributed by atoms with van der Waals surface area (Å²) in [5.74, 6) is -0.972. The molecule has 2 aromatic rings. The normalized spacial score (nSPS) is 23.1. The average molecular weight is 326 g/mol. The van der Waals surface area contributed by atoms with E-state index in [4.69, 9.17) is 0 Å². The zero-order valence-electron chi connectivity index (χ0n) is 14.0. The summed E-state index contributed by atoms with van der Waals surface area (Å²) in [4.78, 5) is 28.3. The molecule has 5 nitrogen and oxygen atoms in total. The van der Waals surface area contributed by atoms with Crippen molar-refractivity contribution in [1.82, 2.24) is 9.55 Å². The summed E-state index contributed by atoms with van der Waals surface area (Å²) >= 11 is 0. The second-order valence-corrected chi connectivity index (χ2v) is 7.39. The Morgan fingerprint density at radius 1 is 1.38 bits per heavy atom. The fraction of sp³-hybridized carbons (Fsp3) is 0.421. The molecular weight excluding hydrogens is 304 g/mol. The van der Waals surface area contributed by atoms with E-state index in [9.17, 15) is 14.7 Å². The van der Waals surface area contributed by atoms with Crippen molar-refractivity contribution in [2.45, 2.75) is 39.2 Å². The molecule has 1 N–H and O–H groups in total. The Bertz CT molecular complexity index is 867. The van der Waals surface area contributed by atoms with E-state index in [1.165, 1.54) is 0 Å².